The second kappa shape index (κ2) is 4.35. The summed E-state index contributed by atoms with van der Waals surface area (Å²) in [5.41, 5.74) is 1.10. The average molecular weight is 248 g/mol. The summed E-state index contributed by atoms with van der Waals surface area (Å²) in [6, 6.07) is 14.2. The van der Waals surface area contributed by atoms with E-state index in [0.717, 1.165) is 0 Å². The highest BCUT2D eigenvalue weighted by molar-refractivity contribution is 6.00. The van der Waals surface area contributed by atoms with Gasteiger partial charge in [-0.2, -0.15) is 15.0 Å². The Bertz CT molecular complexity index is 799. The summed E-state index contributed by atoms with van der Waals surface area (Å²) in [5, 5.41) is 13.6. The van der Waals surface area contributed by atoms with Crippen LogP contribution in [0, 0.1) is 11.3 Å². The fourth-order valence-corrected chi connectivity index (χ4v) is 1.88. The van der Waals surface area contributed by atoms with Gasteiger partial charge in [-0.25, -0.2) is 4.98 Å². The Labute approximate surface area is 108 Å². The molecule has 5 nitrogen and oxygen atoms in total. The van der Waals surface area contributed by atoms with Crippen molar-refractivity contribution in [1.82, 2.24) is 14.8 Å². The summed E-state index contributed by atoms with van der Waals surface area (Å²) in [6.07, 6.45) is 1.57. The van der Waals surface area contributed by atoms with E-state index in [2.05, 4.69) is 10.1 Å². The fraction of sp³-hybridized carbons (Fsp3) is 0. The number of carbonyl (C=O) groups is 1. The maximum Gasteiger partial charge on any atom is 0.280 e. The third-order valence-corrected chi connectivity index (χ3v) is 2.76. The number of hydrogen-bond acceptors (Lipinski definition) is 4. The van der Waals surface area contributed by atoms with Crippen LogP contribution in [0.1, 0.15) is 16.1 Å². The summed E-state index contributed by atoms with van der Waals surface area (Å²) in [7, 11) is 0. The van der Waals surface area contributed by atoms with Gasteiger partial charge in [0.05, 0.1) is 5.39 Å². The zero-order chi connectivity index (χ0) is 13.2. The topological polar surface area (TPSA) is 71.6 Å². The van der Waals surface area contributed by atoms with Crippen molar-refractivity contribution in [3.05, 3.63) is 59.9 Å². The number of hydrogen-bond donors (Lipinski definition) is 0. The first-order valence-electron chi connectivity index (χ1n) is 5.65. The van der Waals surface area contributed by atoms with E-state index in [9.17, 15) is 4.79 Å². The third-order valence-electron chi connectivity index (χ3n) is 2.76. The number of benzene rings is 1. The van der Waals surface area contributed by atoms with Gasteiger partial charge >= 0.3 is 0 Å². The lowest BCUT2D eigenvalue weighted by Gasteiger charge is -2.00. The normalized spacial score (nSPS) is 10.3. The maximum absolute atomic E-state index is 12.3. The number of aromatic nitrogens is 3. The lowest BCUT2D eigenvalue weighted by Crippen LogP contribution is -2.14. The number of nitrogens with zero attached hydrogens (tertiary/aromatic N) is 4. The lowest BCUT2D eigenvalue weighted by atomic mass is 10.2. The van der Waals surface area contributed by atoms with Crippen molar-refractivity contribution < 1.29 is 4.79 Å². The first-order chi connectivity index (χ1) is 9.31. The molecular formula is C14H8N4O. The Balaban J connectivity index is 2.22. The largest absolute Gasteiger partial charge is 0.280 e. The van der Waals surface area contributed by atoms with Crippen LogP contribution in [0.15, 0.2) is 48.7 Å². The predicted molar refractivity (Wildman–Crippen MR) is 68.4 cm³/mol. The monoisotopic (exact) mass is 248 g/mol. The number of rotatable bonds is 1. The zero-order valence-corrected chi connectivity index (χ0v) is 9.82. The molecule has 0 radical (unpaired) electrons. The highest BCUT2D eigenvalue weighted by atomic mass is 16.2. The van der Waals surface area contributed by atoms with Crippen molar-refractivity contribution >= 4 is 16.9 Å². The SMILES string of the molecule is N#Cc1nn(C(=O)c2ccccc2)c2ncccc12. The van der Waals surface area contributed by atoms with Gasteiger partial charge in [-0.1, -0.05) is 18.2 Å². The first kappa shape index (κ1) is 11.1. The minimum absolute atomic E-state index is 0.201. The first-order valence-corrected chi connectivity index (χ1v) is 5.65. The fourth-order valence-electron chi connectivity index (χ4n) is 1.88. The summed E-state index contributed by atoms with van der Waals surface area (Å²) >= 11 is 0. The van der Waals surface area contributed by atoms with Crippen LogP contribution in [0.3, 0.4) is 0 Å². The highest BCUT2D eigenvalue weighted by Gasteiger charge is 2.17. The highest BCUT2D eigenvalue weighted by Crippen LogP contribution is 2.16. The number of nitriles is 1. The van der Waals surface area contributed by atoms with Gasteiger partial charge in [0.1, 0.15) is 6.07 Å². The van der Waals surface area contributed by atoms with Crippen molar-refractivity contribution in [3.63, 3.8) is 0 Å². The van der Waals surface area contributed by atoms with Crippen molar-refractivity contribution in [2.24, 2.45) is 0 Å². The van der Waals surface area contributed by atoms with E-state index in [4.69, 9.17) is 5.26 Å². The summed E-state index contributed by atoms with van der Waals surface area (Å²) in [5.74, 6) is -0.300. The molecule has 0 bridgehead atoms. The molecule has 0 atom stereocenters. The summed E-state index contributed by atoms with van der Waals surface area (Å²) in [6.45, 7) is 0. The second-order valence-corrected chi connectivity index (χ2v) is 3.92. The summed E-state index contributed by atoms with van der Waals surface area (Å²) < 4.78 is 1.17. The van der Waals surface area contributed by atoms with E-state index in [0.29, 0.717) is 16.6 Å². The van der Waals surface area contributed by atoms with E-state index in [1.807, 2.05) is 12.1 Å². The van der Waals surface area contributed by atoms with Crippen molar-refractivity contribution in [3.8, 4) is 6.07 Å². The van der Waals surface area contributed by atoms with E-state index in [-0.39, 0.29) is 11.6 Å². The van der Waals surface area contributed by atoms with Gasteiger partial charge in [-0.3, -0.25) is 4.79 Å². The Morgan fingerprint density at radius 3 is 2.68 bits per heavy atom. The minimum atomic E-state index is -0.300. The van der Waals surface area contributed by atoms with Gasteiger partial charge in [0.2, 0.25) is 0 Å². The Hall–Kier alpha value is -3.00. The van der Waals surface area contributed by atoms with Gasteiger partial charge in [0, 0.05) is 11.8 Å². The van der Waals surface area contributed by atoms with Gasteiger partial charge < -0.3 is 0 Å². The molecule has 0 amide bonds. The average Bonchev–Trinajstić information content (AvgIpc) is 2.86. The zero-order valence-electron chi connectivity index (χ0n) is 9.82. The van der Waals surface area contributed by atoms with Crippen molar-refractivity contribution in [2.45, 2.75) is 0 Å². The molecule has 0 aliphatic rings. The van der Waals surface area contributed by atoms with Gasteiger partial charge in [-0.15, -0.1) is 0 Å². The number of fused-ring (bicyclic) bond motifs is 1. The minimum Gasteiger partial charge on any atom is -0.267 e. The molecule has 0 saturated heterocycles. The van der Waals surface area contributed by atoms with Crippen LogP contribution in [-0.2, 0) is 0 Å². The molecule has 5 heteroatoms. The third kappa shape index (κ3) is 1.76. The molecular weight excluding hydrogens is 240 g/mol. The van der Waals surface area contributed by atoms with Crippen LogP contribution in [0.2, 0.25) is 0 Å². The van der Waals surface area contributed by atoms with Crippen LogP contribution in [0.25, 0.3) is 11.0 Å². The van der Waals surface area contributed by atoms with Crippen LogP contribution in [0.5, 0.6) is 0 Å². The van der Waals surface area contributed by atoms with E-state index in [1.165, 1.54) is 4.68 Å². The lowest BCUT2D eigenvalue weighted by molar-refractivity contribution is 0.0949. The van der Waals surface area contributed by atoms with Crippen LogP contribution in [0.4, 0.5) is 0 Å². The van der Waals surface area contributed by atoms with Crippen LogP contribution >= 0.6 is 0 Å². The maximum atomic E-state index is 12.3. The molecule has 1 aromatic carbocycles. The molecule has 2 heterocycles. The Morgan fingerprint density at radius 1 is 1.16 bits per heavy atom. The van der Waals surface area contributed by atoms with E-state index in [1.54, 1.807) is 42.6 Å². The number of carbonyl (C=O) groups excluding carboxylic acids is 1. The van der Waals surface area contributed by atoms with E-state index >= 15 is 0 Å². The quantitative estimate of drug-likeness (QED) is 0.660. The molecule has 0 spiro atoms. The van der Waals surface area contributed by atoms with Crippen molar-refractivity contribution in [1.29, 1.82) is 5.26 Å². The summed E-state index contributed by atoms with van der Waals surface area (Å²) in [4.78, 5) is 16.5. The molecule has 0 aliphatic carbocycles. The standard InChI is InChI=1S/C14H8N4O/c15-9-12-11-7-4-8-16-13(11)18(17-12)14(19)10-5-2-1-3-6-10/h1-8H. The Morgan fingerprint density at radius 2 is 1.95 bits per heavy atom. The van der Waals surface area contributed by atoms with E-state index < -0.39 is 0 Å². The molecule has 0 N–H and O–H groups in total. The van der Waals surface area contributed by atoms with Gasteiger partial charge in [0.25, 0.3) is 5.91 Å². The molecule has 2 aromatic heterocycles. The molecule has 3 rings (SSSR count). The Kier molecular flexibility index (Phi) is 2.54. The second-order valence-electron chi connectivity index (χ2n) is 3.92. The smallest absolute Gasteiger partial charge is 0.267 e. The molecule has 0 fully saturated rings. The molecule has 0 unspecified atom stereocenters. The van der Waals surface area contributed by atoms with Crippen LogP contribution < -0.4 is 0 Å². The predicted octanol–water partition coefficient (Wildman–Crippen LogP) is 1.99. The molecule has 19 heavy (non-hydrogen) atoms. The van der Waals surface area contributed by atoms with Gasteiger partial charge in [0.15, 0.2) is 11.3 Å². The van der Waals surface area contributed by atoms with Gasteiger partial charge in [-0.05, 0) is 24.3 Å². The molecule has 90 valence electrons. The molecule has 0 aliphatic heterocycles. The molecule has 3 aromatic rings. The molecule has 0 saturated carbocycles. The van der Waals surface area contributed by atoms with Crippen LogP contribution in [-0.4, -0.2) is 20.7 Å². The number of pyridine rings is 1. The van der Waals surface area contributed by atoms with Crippen molar-refractivity contribution in [2.75, 3.05) is 0 Å².